The van der Waals surface area contributed by atoms with Crippen molar-refractivity contribution in [3.05, 3.63) is 47.5 Å². The molecule has 25 heavy (non-hydrogen) atoms. The fourth-order valence-corrected chi connectivity index (χ4v) is 3.06. The van der Waals surface area contributed by atoms with Crippen LogP contribution in [0.15, 0.2) is 30.5 Å². The van der Waals surface area contributed by atoms with Gasteiger partial charge in [-0.25, -0.2) is 13.9 Å². The quantitative estimate of drug-likeness (QED) is 0.912. The van der Waals surface area contributed by atoms with E-state index in [1.54, 1.807) is 12.1 Å². The second kappa shape index (κ2) is 7.00. The molecule has 3 rings (SSSR count). The van der Waals surface area contributed by atoms with E-state index in [1.807, 2.05) is 6.92 Å². The van der Waals surface area contributed by atoms with E-state index >= 15 is 0 Å². The Kier molecular flexibility index (Phi) is 4.78. The first-order valence-corrected chi connectivity index (χ1v) is 8.12. The summed E-state index contributed by atoms with van der Waals surface area (Å²) >= 11 is 0. The van der Waals surface area contributed by atoms with Crippen LogP contribution >= 0.6 is 0 Å². The minimum atomic E-state index is -1.01. The summed E-state index contributed by atoms with van der Waals surface area (Å²) in [5.74, 6) is -1.54. The Morgan fingerprint density at radius 1 is 1.40 bits per heavy atom. The number of rotatable bonds is 4. The van der Waals surface area contributed by atoms with Gasteiger partial charge in [0.15, 0.2) is 5.69 Å². The number of piperidine rings is 1. The third kappa shape index (κ3) is 3.84. The van der Waals surface area contributed by atoms with Gasteiger partial charge in [0.1, 0.15) is 11.9 Å². The van der Waals surface area contributed by atoms with Crippen LogP contribution in [-0.4, -0.2) is 49.5 Å². The largest absolute Gasteiger partial charge is 0.480 e. The highest BCUT2D eigenvalue weighted by atomic mass is 19.1. The van der Waals surface area contributed by atoms with Crippen LogP contribution in [0.4, 0.5) is 4.39 Å². The molecule has 2 aromatic rings. The van der Waals surface area contributed by atoms with Crippen molar-refractivity contribution in [2.75, 3.05) is 6.54 Å². The van der Waals surface area contributed by atoms with Crippen LogP contribution in [0, 0.1) is 11.7 Å². The summed E-state index contributed by atoms with van der Waals surface area (Å²) in [5, 5.41) is 17.1. The Hall–Kier alpha value is -2.77. The molecule has 2 atom stereocenters. The third-order valence-corrected chi connectivity index (χ3v) is 4.40. The van der Waals surface area contributed by atoms with Crippen molar-refractivity contribution in [2.45, 2.75) is 32.4 Å². The molecule has 1 aromatic heterocycles. The predicted molar refractivity (Wildman–Crippen MR) is 86.4 cm³/mol. The highest BCUT2D eigenvalue weighted by Gasteiger charge is 2.36. The summed E-state index contributed by atoms with van der Waals surface area (Å²) in [6.45, 7) is 2.64. The van der Waals surface area contributed by atoms with Crippen LogP contribution < -0.4 is 0 Å². The Morgan fingerprint density at radius 2 is 2.20 bits per heavy atom. The first-order chi connectivity index (χ1) is 11.9. The number of likely N-dealkylation sites (tertiary alicyclic amines) is 1. The number of aliphatic carboxylic acids is 1. The molecule has 7 nitrogen and oxygen atoms in total. The molecule has 0 radical (unpaired) electrons. The van der Waals surface area contributed by atoms with Crippen molar-refractivity contribution in [1.29, 1.82) is 0 Å². The molecule has 8 heteroatoms. The fourth-order valence-electron chi connectivity index (χ4n) is 3.06. The van der Waals surface area contributed by atoms with E-state index in [2.05, 4.69) is 10.3 Å². The minimum Gasteiger partial charge on any atom is -0.480 e. The minimum absolute atomic E-state index is 0.0946. The summed E-state index contributed by atoms with van der Waals surface area (Å²) < 4.78 is 14.7. The zero-order valence-corrected chi connectivity index (χ0v) is 13.8. The lowest BCUT2D eigenvalue weighted by Crippen LogP contribution is -2.49. The van der Waals surface area contributed by atoms with Crippen molar-refractivity contribution >= 4 is 11.9 Å². The fraction of sp³-hybridized carbons (Fsp3) is 0.412. The van der Waals surface area contributed by atoms with E-state index in [9.17, 15) is 19.1 Å². The number of hydrogen-bond acceptors (Lipinski definition) is 4. The summed E-state index contributed by atoms with van der Waals surface area (Å²) in [6.07, 6.45) is 2.65. The number of benzene rings is 1. The second-order valence-electron chi connectivity index (χ2n) is 6.41. The summed E-state index contributed by atoms with van der Waals surface area (Å²) in [7, 11) is 0. The lowest BCUT2D eigenvalue weighted by molar-refractivity contribution is -0.144. The van der Waals surface area contributed by atoms with E-state index in [0.29, 0.717) is 18.5 Å². The first-order valence-electron chi connectivity index (χ1n) is 8.12. The molecule has 1 aliphatic heterocycles. The monoisotopic (exact) mass is 346 g/mol. The van der Waals surface area contributed by atoms with Gasteiger partial charge in [0.25, 0.3) is 5.91 Å². The molecule has 2 unspecified atom stereocenters. The van der Waals surface area contributed by atoms with E-state index in [-0.39, 0.29) is 24.0 Å². The molecule has 1 amide bonds. The zero-order chi connectivity index (χ0) is 18.0. The lowest BCUT2D eigenvalue weighted by atomic mass is 9.92. The summed E-state index contributed by atoms with van der Waals surface area (Å²) in [6, 6.07) is 5.24. The maximum Gasteiger partial charge on any atom is 0.326 e. The van der Waals surface area contributed by atoms with Crippen LogP contribution in [0.5, 0.6) is 0 Å². The van der Waals surface area contributed by atoms with Crippen molar-refractivity contribution in [1.82, 2.24) is 19.9 Å². The van der Waals surface area contributed by atoms with Gasteiger partial charge in [0, 0.05) is 6.54 Å². The Balaban J connectivity index is 1.74. The summed E-state index contributed by atoms with van der Waals surface area (Å²) in [4.78, 5) is 25.4. The molecule has 0 spiro atoms. The second-order valence-corrected chi connectivity index (χ2v) is 6.41. The normalized spacial score (nSPS) is 20.5. The van der Waals surface area contributed by atoms with Crippen molar-refractivity contribution < 1.29 is 19.1 Å². The lowest BCUT2D eigenvalue weighted by Gasteiger charge is -2.35. The number of nitrogens with zero attached hydrogens (tertiary/aromatic N) is 4. The average molecular weight is 346 g/mol. The van der Waals surface area contributed by atoms with Crippen molar-refractivity contribution in [3.63, 3.8) is 0 Å². The number of carboxylic acids is 1. The highest BCUT2D eigenvalue weighted by molar-refractivity contribution is 5.94. The molecule has 1 N–H and O–H groups in total. The van der Waals surface area contributed by atoms with Crippen LogP contribution in [-0.2, 0) is 11.3 Å². The molecule has 132 valence electrons. The maximum absolute atomic E-state index is 13.2. The Bertz CT molecular complexity index is 792. The van der Waals surface area contributed by atoms with E-state index < -0.39 is 17.9 Å². The van der Waals surface area contributed by atoms with Gasteiger partial charge >= 0.3 is 5.97 Å². The van der Waals surface area contributed by atoms with Gasteiger partial charge in [-0.2, -0.15) is 0 Å². The van der Waals surface area contributed by atoms with Crippen LogP contribution in [0.1, 0.15) is 35.8 Å². The molecule has 0 saturated carbocycles. The number of amides is 1. The molecule has 0 aliphatic carbocycles. The number of carboxylic acid groups (broad SMARTS) is 1. The molecule has 1 saturated heterocycles. The number of hydrogen-bond donors (Lipinski definition) is 1. The van der Waals surface area contributed by atoms with E-state index in [1.165, 1.54) is 27.9 Å². The highest BCUT2D eigenvalue weighted by Crippen LogP contribution is 2.24. The van der Waals surface area contributed by atoms with Crippen LogP contribution in [0.3, 0.4) is 0 Å². The van der Waals surface area contributed by atoms with Gasteiger partial charge < -0.3 is 10.0 Å². The average Bonchev–Trinajstić information content (AvgIpc) is 3.02. The molecule has 2 heterocycles. The molecular weight excluding hydrogens is 327 g/mol. The predicted octanol–water partition coefficient (Wildman–Crippen LogP) is 1.79. The van der Waals surface area contributed by atoms with Gasteiger partial charge in [-0.15, -0.1) is 5.10 Å². The van der Waals surface area contributed by atoms with Gasteiger partial charge in [-0.05, 0) is 36.5 Å². The first kappa shape index (κ1) is 17.1. The Labute approximate surface area is 144 Å². The molecule has 1 aliphatic rings. The van der Waals surface area contributed by atoms with E-state index in [0.717, 1.165) is 6.42 Å². The SMILES string of the molecule is CC1CCN(C(=O)c2cn(Cc3cccc(F)c3)nn2)C(C(=O)O)C1. The molecule has 0 bridgehead atoms. The third-order valence-electron chi connectivity index (χ3n) is 4.40. The van der Waals surface area contributed by atoms with Gasteiger partial charge in [0.05, 0.1) is 12.7 Å². The topological polar surface area (TPSA) is 88.3 Å². The summed E-state index contributed by atoms with van der Waals surface area (Å²) in [5.41, 5.74) is 0.788. The molecule has 1 fully saturated rings. The molecular formula is C17H19FN4O3. The number of halogens is 1. The maximum atomic E-state index is 13.2. The van der Waals surface area contributed by atoms with Crippen LogP contribution in [0.2, 0.25) is 0 Å². The van der Waals surface area contributed by atoms with Crippen molar-refractivity contribution in [2.24, 2.45) is 5.92 Å². The number of aromatic nitrogens is 3. The molecule has 1 aromatic carbocycles. The van der Waals surface area contributed by atoms with Gasteiger partial charge in [-0.1, -0.05) is 24.3 Å². The Morgan fingerprint density at radius 3 is 2.92 bits per heavy atom. The van der Waals surface area contributed by atoms with Gasteiger partial charge in [-0.3, -0.25) is 4.79 Å². The number of carbonyl (C=O) groups excluding carboxylic acids is 1. The van der Waals surface area contributed by atoms with Crippen LogP contribution in [0.25, 0.3) is 0 Å². The van der Waals surface area contributed by atoms with E-state index in [4.69, 9.17) is 0 Å². The number of carbonyl (C=O) groups is 2. The standard InChI is InChI=1S/C17H19FN4O3/c1-11-5-6-22(15(7-11)17(24)25)16(23)14-10-21(20-19-14)9-12-3-2-4-13(18)8-12/h2-4,8,10-11,15H,5-7,9H2,1H3,(H,24,25). The van der Waals surface area contributed by atoms with Gasteiger partial charge in [0.2, 0.25) is 0 Å². The van der Waals surface area contributed by atoms with Crippen molar-refractivity contribution in [3.8, 4) is 0 Å². The zero-order valence-electron chi connectivity index (χ0n) is 13.8. The smallest absolute Gasteiger partial charge is 0.326 e.